The van der Waals surface area contributed by atoms with Gasteiger partial charge >= 0.3 is 0 Å². The molecule has 0 spiro atoms. The van der Waals surface area contributed by atoms with Crippen molar-refractivity contribution >= 4 is 34.1 Å². The quantitative estimate of drug-likeness (QED) is 0.577. The van der Waals surface area contributed by atoms with Crippen LogP contribution in [0.4, 0.5) is 0 Å². The lowest BCUT2D eigenvalue weighted by atomic mass is 9.91. The standard InChI is InChI=1S/C18H13Cl2N3/c19-13-4-1-11(2-5-13)18-15(10-21-23-18)17-7-3-12-9-14(20)6-8-16(12)22-17/h1-9,15,18H,10H2. The number of aromatic nitrogens is 1. The minimum absolute atomic E-state index is 0.00971. The van der Waals surface area contributed by atoms with Crippen LogP contribution in [0, 0.1) is 0 Å². The van der Waals surface area contributed by atoms with Crippen molar-refractivity contribution in [1.82, 2.24) is 4.98 Å². The Hall–Kier alpha value is -1.97. The highest BCUT2D eigenvalue weighted by Gasteiger charge is 2.30. The van der Waals surface area contributed by atoms with E-state index >= 15 is 0 Å². The molecule has 1 aromatic heterocycles. The molecule has 114 valence electrons. The topological polar surface area (TPSA) is 37.6 Å². The Labute approximate surface area is 144 Å². The summed E-state index contributed by atoms with van der Waals surface area (Å²) >= 11 is 12.0. The van der Waals surface area contributed by atoms with Gasteiger partial charge < -0.3 is 0 Å². The first-order valence-corrected chi connectivity index (χ1v) is 8.14. The van der Waals surface area contributed by atoms with Crippen LogP contribution in [0.25, 0.3) is 10.9 Å². The van der Waals surface area contributed by atoms with Crippen molar-refractivity contribution < 1.29 is 0 Å². The van der Waals surface area contributed by atoms with Gasteiger partial charge in [-0.15, -0.1) is 0 Å². The van der Waals surface area contributed by atoms with Gasteiger partial charge in [-0.1, -0.05) is 41.4 Å². The van der Waals surface area contributed by atoms with E-state index in [1.165, 1.54) is 0 Å². The average molecular weight is 342 g/mol. The number of benzene rings is 2. The number of hydrogen-bond acceptors (Lipinski definition) is 3. The second kappa shape index (κ2) is 5.91. The fourth-order valence-electron chi connectivity index (χ4n) is 2.94. The second-order valence-electron chi connectivity index (χ2n) is 5.62. The van der Waals surface area contributed by atoms with E-state index in [9.17, 15) is 0 Å². The third-order valence-corrected chi connectivity index (χ3v) is 4.62. The van der Waals surface area contributed by atoms with Crippen molar-refractivity contribution in [2.24, 2.45) is 10.2 Å². The number of fused-ring (bicyclic) bond motifs is 1. The molecule has 0 fully saturated rings. The molecule has 0 bridgehead atoms. The van der Waals surface area contributed by atoms with E-state index in [0.717, 1.165) is 32.2 Å². The molecule has 0 saturated carbocycles. The van der Waals surface area contributed by atoms with E-state index in [1.807, 2.05) is 48.5 Å². The molecule has 2 unspecified atom stereocenters. The van der Waals surface area contributed by atoms with Crippen LogP contribution in [0.1, 0.15) is 23.2 Å². The number of halogens is 2. The lowest BCUT2D eigenvalue weighted by Gasteiger charge is -2.17. The van der Waals surface area contributed by atoms with Crippen LogP contribution in [0.3, 0.4) is 0 Å². The lowest BCUT2D eigenvalue weighted by molar-refractivity contribution is 0.621. The number of nitrogens with zero attached hydrogens (tertiary/aromatic N) is 3. The van der Waals surface area contributed by atoms with Gasteiger partial charge in [0.2, 0.25) is 0 Å². The van der Waals surface area contributed by atoms with Gasteiger partial charge in [0.25, 0.3) is 0 Å². The predicted molar refractivity (Wildman–Crippen MR) is 93.4 cm³/mol. The molecule has 5 heteroatoms. The molecule has 23 heavy (non-hydrogen) atoms. The highest BCUT2D eigenvalue weighted by Crippen LogP contribution is 2.39. The van der Waals surface area contributed by atoms with Gasteiger partial charge in [0.15, 0.2) is 0 Å². The van der Waals surface area contributed by atoms with E-state index in [1.54, 1.807) is 0 Å². The highest BCUT2D eigenvalue weighted by molar-refractivity contribution is 6.31. The number of rotatable bonds is 2. The van der Waals surface area contributed by atoms with Crippen LogP contribution in [0.5, 0.6) is 0 Å². The molecule has 0 aliphatic carbocycles. The van der Waals surface area contributed by atoms with E-state index in [-0.39, 0.29) is 12.0 Å². The molecular weight excluding hydrogens is 329 g/mol. The van der Waals surface area contributed by atoms with Crippen LogP contribution in [0.2, 0.25) is 10.0 Å². The van der Waals surface area contributed by atoms with Gasteiger partial charge in [-0.2, -0.15) is 10.2 Å². The van der Waals surface area contributed by atoms with E-state index in [0.29, 0.717) is 6.54 Å². The van der Waals surface area contributed by atoms with Gasteiger partial charge in [-0.25, -0.2) is 0 Å². The first kappa shape index (κ1) is 14.6. The fourth-order valence-corrected chi connectivity index (χ4v) is 3.24. The van der Waals surface area contributed by atoms with Crippen molar-refractivity contribution in [3.63, 3.8) is 0 Å². The maximum absolute atomic E-state index is 6.03. The third kappa shape index (κ3) is 2.82. The normalized spacial score (nSPS) is 20.3. The molecule has 0 N–H and O–H groups in total. The molecule has 1 aliphatic rings. The summed E-state index contributed by atoms with van der Waals surface area (Å²) in [6.45, 7) is 0.652. The zero-order chi connectivity index (χ0) is 15.8. The Morgan fingerprint density at radius 1 is 0.870 bits per heavy atom. The summed E-state index contributed by atoms with van der Waals surface area (Å²) in [5.74, 6) is 0.149. The molecule has 0 saturated heterocycles. The summed E-state index contributed by atoms with van der Waals surface area (Å²) in [5.41, 5.74) is 3.05. The summed E-state index contributed by atoms with van der Waals surface area (Å²) in [6.07, 6.45) is 0. The Morgan fingerprint density at radius 3 is 2.48 bits per heavy atom. The second-order valence-corrected chi connectivity index (χ2v) is 6.49. The van der Waals surface area contributed by atoms with Gasteiger partial charge in [0.05, 0.1) is 18.0 Å². The number of hydrogen-bond donors (Lipinski definition) is 0. The van der Waals surface area contributed by atoms with Crippen LogP contribution in [-0.2, 0) is 0 Å². The monoisotopic (exact) mass is 341 g/mol. The van der Waals surface area contributed by atoms with E-state index in [2.05, 4.69) is 16.3 Å². The van der Waals surface area contributed by atoms with Crippen molar-refractivity contribution in [3.8, 4) is 0 Å². The SMILES string of the molecule is Clc1ccc(C2N=NCC2c2ccc3cc(Cl)ccc3n2)cc1. The third-order valence-electron chi connectivity index (χ3n) is 4.13. The lowest BCUT2D eigenvalue weighted by Crippen LogP contribution is -2.09. The molecule has 2 aromatic carbocycles. The fraction of sp³-hybridized carbons (Fsp3) is 0.167. The van der Waals surface area contributed by atoms with Crippen molar-refractivity contribution in [2.75, 3.05) is 6.54 Å². The first-order chi connectivity index (χ1) is 11.2. The van der Waals surface area contributed by atoms with Gasteiger partial charge in [0.1, 0.15) is 6.04 Å². The molecule has 3 nitrogen and oxygen atoms in total. The van der Waals surface area contributed by atoms with E-state index < -0.39 is 0 Å². The van der Waals surface area contributed by atoms with Gasteiger partial charge in [-0.05, 0) is 42.0 Å². The van der Waals surface area contributed by atoms with Crippen molar-refractivity contribution in [1.29, 1.82) is 0 Å². The van der Waals surface area contributed by atoms with Gasteiger partial charge in [0, 0.05) is 21.1 Å². The molecule has 1 aliphatic heterocycles. The average Bonchev–Trinajstić information content (AvgIpc) is 3.04. The van der Waals surface area contributed by atoms with E-state index in [4.69, 9.17) is 28.2 Å². The zero-order valence-electron chi connectivity index (χ0n) is 12.2. The Morgan fingerprint density at radius 2 is 1.65 bits per heavy atom. The van der Waals surface area contributed by atoms with Gasteiger partial charge in [-0.3, -0.25) is 4.98 Å². The molecule has 0 radical (unpaired) electrons. The van der Waals surface area contributed by atoms with Crippen LogP contribution >= 0.6 is 23.2 Å². The molecule has 2 atom stereocenters. The summed E-state index contributed by atoms with van der Waals surface area (Å²) in [6, 6.07) is 17.6. The summed E-state index contributed by atoms with van der Waals surface area (Å²) in [5, 5.41) is 11.1. The smallest absolute Gasteiger partial charge is 0.106 e. The molecule has 0 amide bonds. The Bertz CT molecular complexity index is 890. The Kier molecular flexibility index (Phi) is 3.76. The van der Waals surface area contributed by atoms with Crippen molar-refractivity contribution in [3.05, 3.63) is 75.9 Å². The minimum atomic E-state index is -0.00971. The molecular formula is C18H13Cl2N3. The van der Waals surface area contributed by atoms with Crippen LogP contribution < -0.4 is 0 Å². The number of pyridine rings is 1. The van der Waals surface area contributed by atoms with Crippen LogP contribution in [0.15, 0.2) is 64.8 Å². The summed E-state index contributed by atoms with van der Waals surface area (Å²) in [7, 11) is 0. The summed E-state index contributed by atoms with van der Waals surface area (Å²) < 4.78 is 0. The summed E-state index contributed by atoms with van der Waals surface area (Å²) in [4.78, 5) is 4.79. The van der Waals surface area contributed by atoms with Crippen molar-refractivity contribution in [2.45, 2.75) is 12.0 Å². The molecule has 3 aromatic rings. The largest absolute Gasteiger partial charge is 0.252 e. The number of azo groups is 1. The minimum Gasteiger partial charge on any atom is -0.252 e. The highest BCUT2D eigenvalue weighted by atomic mass is 35.5. The maximum atomic E-state index is 6.03. The van der Waals surface area contributed by atoms with Crippen LogP contribution in [-0.4, -0.2) is 11.5 Å². The maximum Gasteiger partial charge on any atom is 0.106 e. The molecule has 2 heterocycles. The first-order valence-electron chi connectivity index (χ1n) is 7.39. The Balaban J connectivity index is 1.71. The molecule has 4 rings (SSSR count). The zero-order valence-corrected chi connectivity index (χ0v) is 13.7. The predicted octanol–water partition coefficient (Wildman–Crippen LogP) is 5.83.